The fourth-order valence-electron chi connectivity index (χ4n) is 2.94. The Morgan fingerprint density at radius 3 is 2.85 bits per heavy atom. The Bertz CT molecular complexity index is 1130. The van der Waals surface area contributed by atoms with Gasteiger partial charge in [0.25, 0.3) is 5.91 Å². The Labute approximate surface area is 146 Å². The Kier molecular flexibility index (Phi) is 3.87. The summed E-state index contributed by atoms with van der Waals surface area (Å²) in [4.78, 5) is 24.1. The average molecular weight is 355 g/mol. The summed E-state index contributed by atoms with van der Waals surface area (Å²) in [7, 11) is 0. The van der Waals surface area contributed by atoms with Gasteiger partial charge in [0, 0.05) is 19.2 Å². The summed E-state index contributed by atoms with van der Waals surface area (Å²) < 4.78 is 28.1. The van der Waals surface area contributed by atoms with E-state index in [4.69, 9.17) is 0 Å². The van der Waals surface area contributed by atoms with Gasteiger partial charge in [-0.1, -0.05) is 0 Å². The number of pyridine rings is 1. The van der Waals surface area contributed by atoms with Crippen LogP contribution in [0.25, 0.3) is 16.7 Å². The van der Waals surface area contributed by atoms with Gasteiger partial charge in [0.1, 0.15) is 28.8 Å². The fourth-order valence-corrected chi connectivity index (χ4v) is 2.94. The lowest BCUT2D eigenvalue weighted by atomic mass is 10.3. The SMILES string of the molecule is Cc1nc2ccc(F)cn2c1C(=O)NCCc1nc2ccc(F)cc2[nH]1. The van der Waals surface area contributed by atoms with Crippen LogP contribution in [0.2, 0.25) is 0 Å². The van der Waals surface area contributed by atoms with E-state index < -0.39 is 5.82 Å². The highest BCUT2D eigenvalue weighted by molar-refractivity contribution is 5.94. The standard InChI is InChI=1S/C18H15F2N5O/c1-10-17(25-9-12(20)3-5-16(25)22-10)18(26)21-7-6-15-23-13-4-2-11(19)8-14(13)24-15/h2-5,8-9H,6-7H2,1H3,(H,21,26)(H,23,24). The van der Waals surface area contributed by atoms with Crippen molar-refractivity contribution in [3.8, 4) is 0 Å². The third kappa shape index (κ3) is 2.90. The second-order valence-electron chi connectivity index (χ2n) is 5.97. The molecule has 3 aromatic heterocycles. The zero-order chi connectivity index (χ0) is 18.3. The minimum Gasteiger partial charge on any atom is -0.350 e. The molecule has 0 bridgehead atoms. The number of nitrogens with zero attached hydrogens (tertiary/aromatic N) is 3. The smallest absolute Gasteiger partial charge is 0.270 e. The van der Waals surface area contributed by atoms with Gasteiger partial charge < -0.3 is 10.3 Å². The second-order valence-corrected chi connectivity index (χ2v) is 5.97. The van der Waals surface area contributed by atoms with E-state index >= 15 is 0 Å². The van der Waals surface area contributed by atoms with Crippen LogP contribution in [0.5, 0.6) is 0 Å². The number of nitrogens with one attached hydrogen (secondary N) is 2. The summed E-state index contributed by atoms with van der Waals surface area (Å²) in [6, 6.07) is 7.14. The summed E-state index contributed by atoms with van der Waals surface area (Å²) in [5.41, 5.74) is 2.60. The molecule has 4 aromatic rings. The molecule has 0 fully saturated rings. The molecule has 6 nitrogen and oxygen atoms in total. The van der Waals surface area contributed by atoms with Crippen molar-refractivity contribution in [1.82, 2.24) is 24.7 Å². The van der Waals surface area contributed by atoms with Crippen LogP contribution < -0.4 is 5.32 Å². The predicted octanol–water partition coefficient (Wildman–Crippen LogP) is 2.77. The van der Waals surface area contributed by atoms with Gasteiger partial charge in [0.2, 0.25) is 0 Å². The first-order valence-electron chi connectivity index (χ1n) is 8.08. The molecule has 0 aliphatic rings. The van der Waals surface area contributed by atoms with E-state index in [0.29, 0.717) is 46.9 Å². The van der Waals surface area contributed by atoms with Crippen LogP contribution in [-0.2, 0) is 6.42 Å². The topological polar surface area (TPSA) is 75.1 Å². The number of imidazole rings is 2. The first kappa shape index (κ1) is 16.2. The second kappa shape index (κ2) is 6.21. The number of hydrogen-bond donors (Lipinski definition) is 2. The van der Waals surface area contributed by atoms with E-state index in [-0.39, 0.29) is 11.7 Å². The highest BCUT2D eigenvalue weighted by Crippen LogP contribution is 2.14. The fraction of sp³-hybridized carbons (Fsp3) is 0.167. The van der Waals surface area contributed by atoms with Gasteiger partial charge in [-0.2, -0.15) is 0 Å². The van der Waals surface area contributed by atoms with E-state index in [0.717, 1.165) is 0 Å². The molecule has 0 aliphatic heterocycles. The normalized spacial score (nSPS) is 11.3. The molecule has 3 heterocycles. The number of aryl methyl sites for hydroxylation is 1. The van der Waals surface area contributed by atoms with Crippen LogP contribution in [0.15, 0.2) is 36.5 Å². The minimum absolute atomic E-state index is 0.297. The monoisotopic (exact) mass is 355 g/mol. The van der Waals surface area contributed by atoms with Crippen LogP contribution in [0.1, 0.15) is 22.0 Å². The lowest BCUT2D eigenvalue weighted by Gasteiger charge is -2.05. The zero-order valence-electron chi connectivity index (χ0n) is 13.9. The molecule has 0 saturated heterocycles. The lowest BCUT2D eigenvalue weighted by molar-refractivity contribution is 0.0947. The largest absolute Gasteiger partial charge is 0.350 e. The molecule has 2 N–H and O–H groups in total. The maximum atomic E-state index is 13.5. The van der Waals surface area contributed by atoms with Crippen LogP contribution in [0, 0.1) is 18.6 Å². The number of carbonyl (C=O) groups excluding carboxylic acids is 1. The number of hydrogen-bond acceptors (Lipinski definition) is 3. The molecule has 0 unspecified atom stereocenters. The van der Waals surface area contributed by atoms with Crippen molar-refractivity contribution in [1.29, 1.82) is 0 Å². The Balaban J connectivity index is 1.48. The number of benzene rings is 1. The zero-order valence-corrected chi connectivity index (χ0v) is 13.9. The van der Waals surface area contributed by atoms with Crippen molar-refractivity contribution in [3.05, 3.63) is 65.4 Å². The maximum Gasteiger partial charge on any atom is 0.270 e. The van der Waals surface area contributed by atoms with Gasteiger partial charge in [0.15, 0.2) is 0 Å². The molecule has 26 heavy (non-hydrogen) atoms. The molecule has 0 aliphatic carbocycles. The highest BCUT2D eigenvalue weighted by Gasteiger charge is 2.16. The quantitative estimate of drug-likeness (QED) is 0.591. The summed E-state index contributed by atoms with van der Waals surface area (Å²) in [6.45, 7) is 2.02. The lowest BCUT2D eigenvalue weighted by Crippen LogP contribution is -2.27. The van der Waals surface area contributed by atoms with E-state index in [2.05, 4.69) is 20.3 Å². The molecule has 0 atom stereocenters. The molecule has 1 aromatic carbocycles. The van der Waals surface area contributed by atoms with Gasteiger partial charge in [0.05, 0.1) is 16.7 Å². The van der Waals surface area contributed by atoms with Crippen molar-refractivity contribution in [2.45, 2.75) is 13.3 Å². The van der Waals surface area contributed by atoms with Gasteiger partial charge in [-0.15, -0.1) is 0 Å². The number of fused-ring (bicyclic) bond motifs is 2. The van der Waals surface area contributed by atoms with Gasteiger partial charge in [-0.25, -0.2) is 18.7 Å². The van der Waals surface area contributed by atoms with Crippen LogP contribution >= 0.6 is 0 Å². The number of halogens is 2. The molecule has 8 heteroatoms. The van der Waals surface area contributed by atoms with Gasteiger partial charge in [-0.05, 0) is 37.3 Å². The Hall–Kier alpha value is -3.29. The van der Waals surface area contributed by atoms with E-state index in [1.54, 1.807) is 13.0 Å². The summed E-state index contributed by atoms with van der Waals surface area (Å²) >= 11 is 0. The summed E-state index contributed by atoms with van der Waals surface area (Å²) in [5.74, 6) is -0.482. The van der Waals surface area contributed by atoms with E-state index in [9.17, 15) is 13.6 Å². The number of aromatic amines is 1. The van der Waals surface area contributed by atoms with Gasteiger partial charge >= 0.3 is 0 Å². The van der Waals surface area contributed by atoms with Crippen LogP contribution in [0.3, 0.4) is 0 Å². The third-order valence-electron chi connectivity index (χ3n) is 4.11. The maximum absolute atomic E-state index is 13.5. The van der Waals surface area contributed by atoms with Crippen molar-refractivity contribution in [3.63, 3.8) is 0 Å². The third-order valence-corrected chi connectivity index (χ3v) is 4.11. The molecule has 132 valence electrons. The van der Waals surface area contributed by atoms with E-state index in [1.807, 2.05) is 0 Å². The van der Waals surface area contributed by atoms with E-state index in [1.165, 1.54) is 34.9 Å². The number of carbonyl (C=O) groups is 1. The molecule has 0 spiro atoms. The predicted molar refractivity (Wildman–Crippen MR) is 92.0 cm³/mol. The molecule has 4 rings (SSSR count). The number of rotatable bonds is 4. The average Bonchev–Trinajstić information content (AvgIpc) is 3.13. The first-order valence-corrected chi connectivity index (χ1v) is 8.08. The molecular weight excluding hydrogens is 340 g/mol. The first-order chi connectivity index (χ1) is 12.5. The highest BCUT2D eigenvalue weighted by atomic mass is 19.1. The van der Waals surface area contributed by atoms with Crippen molar-refractivity contribution < 1.29 is 13.6 Å². The van der Waals surface area contributed by atoms with Crippen LogP contribution in [0.4, 0.5) is 8.78 Å². The Morgan fingerprint density at radius 2 is 2.00 bits per heavy atom. The van der Waals surface area contributed by atoms with Gasteiger partial charge in [-0.3, -0.25) is 9.20 Å². The number of amides is 1. The molecule has 1 amide bonds. The molecular formula is C18H15F2N5O. The Morgan fingerprint density at radius 1 is 1.19 bits per heavy atom. The number of H-pyrrole nitrogens is 1. The molecule has 0 saturated carbocycles. The van der Waals surface area contributed by atoms with Crippen molar-refractivity contribution in [2.75, 3.05) is 6.54 Å². The number of aromatic nitrogens is 4. The van der Waals surface area contributed by atoms with Crippen molar-refractivity contribution >= 4 is 22.6 Å². The summed E-state index contributed by atoms with van der Waals surface area (Å²) in [5, 5.41) is 2.79. The molecule has 0 radical (unpaired) electrons. The van der Waals surface area contributed by atoms with Crippen molar-refractivity contribution in [2.24, 2.45) is 0 Å². The minimum atomic E-state index is -0.446. The summed E-state index contributed by atoms with van der Waals surface area (Å²) in [6.07, 6.45) is 1.68. The van der Waals surface area contributed by atoms with Crippen LogP contribution in [-0.4, -0.2) is 31.8 Å².